The van der Waals surface area contributed by atoms with Crippen molar-refractivity contribution in [3.05, 3.63) is 65.6 Å². The summed E-state index contributed by atoms with van der Waals surface area (Å²) >= 11 is 0. The summed E-state index contributed by atoms with van der Waals surface area (Å²) in [6.07, 6.45) is 5.21. The van der Waals surface area contributed by atoms with Crippen LogP contribution in [-0.4, -0.2) is 18.5 Å². The van der Waals surface area contributed by atoms with Crippen LogP contribution in [-0.2, 0) is 20.7 Å². The van der Waals surface area contributed by atoms with Gasteiger partial charge < -0.3 is 14.5 Å². The van der Waals surface area contributed by atoms with Crippen LogP contribution < -0.4 is 5.32 Å². The van der Waals surface area contributed by atoms with E-state index in [4.69, 9.17) is 9.15 Å². The number of amides is 1. The Morgan fingerprint density at radius 2 is 1.92 bits per heavy atom. The molecule has 5 nitrogen and oxygen atoms in total. The van der Waals surface area contributed by atoms with Gasteiger partial charge in [0.05, 0.1) is 12.3 Å². The Morgan fingerprint density at radius 1 is 1.19 bits per heavy atom. The van der Waals surface area contributed by atoms with Gasteiger partial charge in [0.25, 0.3) is 5.91 Å². The first-order valence-electron chi connectivity index (χ1n) is 8.76. The highest BCUT2D eigenvalue weighted by Gasteiger charge is 2.18. The normalized spacial score (nSPS) is 12.3. The van der Waals surface area contributed by atoms with E-state index in [0.29, 0.717) is 5.76 Å². The third-order valence-corrected chi connectivity index (χ3v) is 4.00. The molecule has 0 aliphatic heterocycles. The minimum Gasteiger partial charge on any atom is -0.465 e. The van der Waals surface area contributed by atoms with E-state index in [1.807, 2.05) is 26.0 Å². The van der Waals surface area contributed by atoms with Crippen LogP contribution in [0.25, 0.3) is 6.08 Å². The number of hydrogen-bond donors (Lipinski definition) is 1. The smallest absolute Gasteiger partial charge is 0.331 e. The van der Waals surface area contributed by atoms with Crippen molar-refractivity contribution in [3.8, 4) is 0 Å². The topological polar surface area (TPSA) is 68.5 Å². The van der Waals surface area contributed by atoms with Gasteiger partial charge in [-0.15, -0.1) is 0 Å². The number of hydrogen-bond acceptors (Lipinski definition) is 4. The maximum atomic E-state index is 12.2. The Labute approximate surface area is 154 Å². The lowest BCUT2D eigenvalue weighted by atomic mass is 9.95. The number of aryl methyl sites for hydroxylation is 1. The van der Waals surface area contributed by atoms with E-state index in [-0.39, 0.29) is 24.5 Å². The highest BCUT2D eigenvalue weighted by atomic mass is 16.5. The molecule has 0 spiro atoms. The molecule has 5 heteroatoms. The van der Waals surface area contributed by atoms with E-state index in [1.165, 1.54) is 24.0 Å². The molecule has 0 saturated heterocycles. The van der Waals surface area contributed by atoms with Crippen molar-refractivity contribution >= 4 is 18.0 Å². The van der Waals surface area contributed by atoms with E-state index in [9.17, 15) is 9.59 Å². The molecule has 1 aromatic carbocycles. The summed E-state index contributed by atoms with van der Waals surface area (Å²) in [5, 5.41) is 2.94. The molecule has 0 unspecified atom stereocenters. The number of rotatable bonds is 8. The molecule has 0 aliphatic rings. The zero-order valence-corrected chi connectivity index (χ0v) is 15.4. The van der Waals surface area contributed by atoms with Gasteiger partial charge in [-0.25, -0.2) is 4.79 Å². The summed E-state index contributed by atoms with van der Waals surface area (Å²) in [6.45, 7) is 5.86. The van der Waals surface area contributed by atoms with Gasteiger partial charge in [-0.3, -0.25) is 4.79 Å². The van der Waals surface area contributed by atoms with Crippen LogP contribution in [0.15, 0.2) is 53.2 Å². The summed E-state index contributed by atoms with van der Waals surface area (Å²) in [6, 6.07) is 11.5. The molecule has 1 amide bonds. The standard InChI is InChI=1S/C21H25NO4/c1-4-16-7-9-17(10-8-16)21(15(2)3)22-19(23)14-26-20(24)12-11-18-6-5-13-25-18/h5-13,15,21H,4,14H2,1-3H3,(H,22,23)/b12-11+/t21-/m0/s1. The Balaban J connectivity index is 1.87. The maximum absolute atomic E-state index is 12.2. The largest absolute Gasteiger partial charge is 0.465 e. The van der Waals surface area contributed by atoms with Gasteiger partial charge in [0.2, 0.25) is 0 Å². The fraction of sp³-hybridized carbons (Fsp3) is 0.333. The van der Waals surface area contributed by atoms with Crippen molar-refractivity contribution < 1.29 is 18.7 Å². The fourth-order valence-corrected chi connectivity index (χ4v) is 2.53. The van der Waals surface area contributed by atoms with Gasteiger partial charge in [0.1, 0.15) is 5.76 Å². The number of esters is 1. The van der Waals surface area contributed by atoms with Crippen LogP contribution in [0.4, 0.5) is 0 Å². The van der Waals surface area contributed by atoms with Gasteiger partial charge in [-0.05, 0) is 41.7 Å². The number of nitrogens with one attached hydrogen (secondary N) is 1. The predicted molar refractivity (Wildman–Crippen MR) is 100 cm³/mol. The highest BCUT2D eigenvalue weighted by molar-refractivity contribution is 5.89. The van der Waals surface area contributed by atoms with Crippen LogP contribution in [0.3, 0.4) is 0 Å². The molecule has 1 aromatic heterocycles. The minimum absolute atomic E-state index is 0.134. The first-order chi connectivity index (χ1) is 12.5. The molecule has 0 aliphatic carbocycles. The Hall–Kier alpha value is -2.82. The number of furan rings is 1. The van der Waals surface area contributed by atoms with Crippen molar-refractivity contribution in [2.75, 3.05) is 6.61 Å². The van der Waals surface area contributed by atoms with Gasteiger partial charge in [0, 0.05) is 6.08 Å². The van der Waals surface area contributed by atoms with Crippen molar-refractivity contribution in [2.24, 2.45) is 5.92 Å². The predicted octanol–water partition coefficient (Wildman–Crippen LogP) is 3.91. The van der Waals surface area contributed by atoms with Crippen molar-refractivity contribution in [2.45, 2.75) is 33.2 Å². The molecule has 1 heterocycles. The summed E-state index contributed by atoms with van der Waals surface area (Å²) in [5.41, 5.74) is 2.29. The molecular formula is C21H25NO4. The average molecular weight is 355 g/mol. The first kappa shape index (κ1) is 19.5. The number of carbonyl (C=O) groups is 2. The summed E-state index contributed by atoms with van der Waals surface area (Å²) in [7, 11) is 0. The average Bonchev–Trinajstić information content (AvgIpc) is 3.16. The van der Waals surface area contributed by atoms with Crippen LogP contribution in [0.2, 0.25) is 0 Å². The third-order valence-electron chi connectivity index (χ3n) is 4.00. The lowest BCUT2D eigenvalue weighted by Crippen LogP contribution is -2.34. The summed E-state index contributed by atoms with van der Waals surface area (Å²) in [4.78, 5) is 23.8. The number of ether oxygens (including phenoxy) is 1. The van der Waals surface area contributed by atoms with Crippen molar-refractivity contribution in [3.63, 3.8) is 0 Å². The third kappa shape index (κ3) is 5.92. The molecular weight excluding hydrogens is 330 g/mol. The summed E-state index contributed by atoms with van der Waals surface area (Å²) < 4.78 is 10.1. The van der Waals surface area contributed by atoms with Gasteiger partial charge in [0.15, 0.2) is 6.61 Å². The molecule has 1 N–H and O–H groups in total. The molecule has 0 saturated carbocycles. The SMILES string of the molecule is CCc1ccc([C@@H](NC(=O)COC(=O)/C=C/c2ccco2)C(C)C)cc1. The van der Waals surface area contributed by atoms with Crippen LogP contribution in [0.1, 0.15) is 43.7 Å². The second-order valence-corrected chi connectivity index (χ2v) is 6.34. The van der Waals surface area contributed by atoms with E-state index in [1.54, 1.807) is 12.1 Å². The van der Waals surface area contributed by atoms with E-state index in [2.05, 4.69) is 24.4 Å². The van der Waals surface area contributed by atoms with Crippen molar-refractivity contribution in [1.29, 1.82) is 0 Å². The van der Waals surface area contributed by atoms with Crippen LogP contribution in [0, 0.1) is 5.92 Å². The minimum atomic E-state index is -0.593. The van der Waals surface area contributed by atoms with Crippen LogP contribution >= 0.6 is 0 Å². The Kier molecular flexibility index (Phi) is 7.21. The lowest BCUT2D eigenvalue weighted by Gasteiger charge is -2.23. The number of benzene rings is 1. The van der Waals surface area contributed by atoms with Crippen LogP contribution in [0.5, 0.6) is 0 Å². The maximum Gasteiger partial charge on any atom is 0.331 e. The Bertz CT molecular complexity index is 730. The zero-order chi connectivity index (χ0) is 18.9. The monoisotopic (exact) mass is 355 g/mol. The first-order valence-corrected chi connectivity index (χ1v) is 8.76. The molecule has 1 atom stereocenters. The number of carbonyl (C=O) groups excluding carboxylic acids is 2. The van der Waals surface area contributed by atoms with Crippen molar-refractivity contribution in [1.82, 2.24) is 5.32 Å². The molecule has 0 bridgehead atoms. The van der Waals surface area contributed by atoms with Gasteiger partial charge in [-0.1, -0.05) is 45.0 Å². The zero-order valence-electron chi connectivity index (χ0n) is 15.4. The van der Waals surface area contributed by atoms with E-state index >= 15 is 0 Å². The van der Waals surface area contributed by atoms with E-state index in [0.717, 1.165) is 12.0 Å². The van der Waals surface area contributed by atoms with Gasteiger partial charge >= 0.3 is 5.97 Å². The second-order valence-electron chi connectivity index (χ2n) is 6.34. The second kappa shape index (κ2) is 9.61. The molecule has 2 aromatic rings. The van der Waals surface area contributed by atoms with Gasteiger partial charge in [-0.2, -0.15) is 0 Å². The lowest BCUT2D eigenvalue weighted by molar-refractivity contribution is -0.144. The molecule has 2 rings (SSSR count). The van der Waals surface area contributed by atoms with E-state index < -0.39 is 5.97 Å². The highest BCUT2D eigenvalue weighted by Crippen LogP contribution is 2.22. The molecule has 26 heavy (non-hydrogen) atoms. The quantitative estimate of drug-likeness (QED) is 0.576. The fourth-order valence-electron chi connectivity index (χ4n) is 2.53. The molecule has 0 radical (unpaired) electrons. The molecule has 138 valence electrons. The Morgan fingerprint density at radius 3 is 2.50 bits per heavy atom. The molecule has 0 fully saturated rings. The summed E-state index contributed by atoms with van der Waals surface area (Å²) in [5.74, 6) is -0.171.